The lowest BCUT2D eigenvalue weighted by molar-refractivity contribution is -0.139. The first-order valence-electron chi connectivity index (χ1n) is 7.60. The number of benzene rings is 1. The Balaban J connectivity index is 2.17. The number of carbonyl (C=O) groups excluding carboxylic acids is 1. The van der Waals surface area contributed by atoms with Crippen LogP contribution in [0.3, 0.4) is 0 Å². The van der Waals surface area contributed by atoms with E-state index < -0.39 is 17.9 Å². The molecule has 1 atom stereocenters. The van der Waals surface area contributed by atoms with Gasteiger partial charge in [0.2, 0.25) is 0 Å². The van der Waals surface area contributed by atoms with E-state index in [4.69, 9.17) is 4.74 Å². The Bertz CT molecular complexity index is 744. The number of thiazole rings is 1. The Kier molecular flexibility index (Phi) is 6.83. The first-order valence-corrected chi connectivity index (χ1v) is 9.81. The highest BCUT2D eigenvalue weighted by Gasteiger charge is 2.23. The molecule has 134 valence electrons. The average Bonchev–Trinajstić information content (AvgIpc) is 3.00. The summed E-state index contributed by atoms with van der Waals surface area (Å²) in [5.74, 6) is -0.0213. The van der Waals surface area contributed by atoms with Crippen molar-refractivity contribution in [1.82, 2.24) is 10.3 Å². The van der Waals surface area contributed by atoms with E-state index in [0.717, 1.165) is 11.3 Å². The maximum Gasteiger partial charge on any atom is 0.326 e. The van der Waals surface area contributed by atoms with Gasteiger partial charge in [0, 0.05) is 5.56 Å². The number of hydrogen-bond donors (Lipinski definition) is 2. The van der Waals surface area contributed by atoms with E-state index in [1.54, 1.807) is 25.8 Å². The zero-order valence-electron chi connectivity index (χ0n) is 14.2. The minimum Gasteiger partial charge on any atom is -0.497 e. The van der Waals surface area contributed by atoms with Gasteiger partial charge in [0.15, 0.2) is 0 Å². The molecule has 0 fully saturated rings. The van der Waals surface area contributed by atoms with Crippen molar-refractivity contribution in [3.63, 3.8) is 0 Å². The van der Waals surface area contributed by atoms with E-state index in [-0.39, 0.29) is 0 Å². The molecule has 0 aliphatic rings. The molecular formula is C17H20N2O4S2. The monoisotopic (exact) mass is 380 g/mol. The maximum atomic E-state index is 12.5. The van der Waals surface area contributed by atoms with Crippen LogP contribution < -0.4 is 10.1 Å². The number of carboxylic acid groups (broad SMARTS) is 1. The SMILES string of the molecule is COc1ccc(-c2nc(C)c(C(=O)N[C@@H](CCSC)C(=O)O)s2)cc1. The van der Waals surface area contributed by atoms with Crippen LogP contribution in [0.1, 0.15) is 21.8 Å². The van der Waals surface area contributed by atoms with Crippen LogP contribution in [0.25, 0.3) is 10.6 Å². The standard InChI is InChI=1S/C17H20N2O4S2/c1-10-14(15(20)19-13(17(21)22)8-9-24-3)25-16(18-10)11-4-6-12(23-2)7-5-11/h4-7,13H,8-9H2,1-3H3,(H,19,20)(H,21,22)/t13-/m0/s1. The third-order valence-corrected chi connectivity index (χ3v) is 5.40. The number of hydrogen-bond acceptors (Lipinski definition) is 6. The minimum atomic E-state index is -1.03. The lowest BCUT2D eigenvalue weighted by Crippen LogP contribution is -2.41. The topological polar surface area (TPSA) is 88.5 Å². The summed E-state index contributed by atoms with van der Waals surface area (Å²) >= 11 is 2.79. The molecule has 6 nitrogen and oxygen atoms in total. The van der Waals surface area contributed by atoms with Gasteiger partial charge in [-0.1, -0.05) is 0 Å². The van der Waals surface area contributed by atoms with E-state index in [1.165, 1.54) is 11.3 Å². The number of nitrogens with zero attached hydrogens (tertiary/aromatic N) is 1. The number of nitrogens with one attached hydrogen (secondary N) is 1. The molecule has 1 amide bonds. The van der Waals surface area contributed by atoms with Crippen LogP contribution in [0.2, 0.25) is 0 Å². The largest absolute Gasteiger partial charge is 0.497 e. The van der Waals surface area contributed by atoms with Crippen molar-refractivity contribution in [2.75, 3.05) is 19.1 Å². The zero-order valence-corrected chi connectivity index (χ0v) is 15.9. The fourth-order valence-corrected chi connectivity index (χ4v) is 3.63. The van der Waals surface area contributed by atoms with Crippen LogP contribution in [0.5, 0.6) is 5.75 Å². The van der Waals surface area contributed by atoms with Gasteiger partial charge >= 0.3 is 5.97 Å². The second kappa shape index (κ2) is 8.87. The van der Waals surface area contributed by atoms with E-state index in [9.17, 15) is 14.7 Å². The zero-order chi connectivity index (χ0) is 18.4. The number of thioether (sulfide) groups is 1. The Labute approximate surface area is 154 Å². The third kappa shape index (κ3) is 4.96. The fraction of sp³-hybridized carbons (Fsp3) is 0.353. The van der Waals surface area contributed by atoms with Crippen molar-refractivity contribution in [2.45, 2.75) is 19.4 Å². The molecule has 0 radical (unpaired) electrons. The van der Waals surface area contributed by atoms with Crippen LogP contribution in [0.15, 0.2) is 24.3 Å². The van der Waals surface area contributed by atoms with Crippen LogP contribution in [0.4, 0.5) is 0 Å². The summed E-state index contributed by atoms with van der Waals surface area (Å²) in [5.41, 5.74) is 1.47. The van der Waals surface area contributed by atoms with Crippen molar-refractivity contribution >= 4 is 35.0 Å². The smallest absolute Gasteiger partial charge is 0.326 e. The Morgan fingerprint density at radius 3 is 2.60 bits per heavy atom. The highest BCUT2D eigenvalue weighted by atomic mass is 32.2. The lowest BCUT2D eigenvalue weighted by atomic mass is 10.2. The van der Waals surface area contributed by atoms with E-state index >= 15 is 0 Å². The molecule has 0 aliphatic heterocycles. The molecule has 1 heterocycles. The Hall–Kier alpha value is -2.06. The molecule has 0 saturated heterocycles. The normalized spacial score (nSPS) is 11.8. The van der Waals surface area contributed by atoms with Gasteiger partial charge in [0.05, 0.1) is 12.8 Å². The second-order valence-electron chi connectivity index (χ2n) is 5.31. The molecule has 0 bridgehead atoms. The number of ether oxygens (including phenoxy) is 1. The van der Waals surface area contributed by atoms with Crippen molar-refractivity contribution in [3.8, 4) is 16.3 Å². The predicted octanol–water partition coefficient (Wildman–Crippen LogP) is 3.06. The predicted molar refractivity (Wildman–Crippen MR) is 101 cm³/mol. The first-order chi connectivity index (χ1) is 12.0. The molecule has 0 spiro atoms. The fourth-order valence-electron chi connectivity index (χ4n) is 2.18. The van der Waals surface area contributed by atoms with Crippen molar-refractivity contribution in [1.29, 1.82) is 0 Å². The molecule has 0 unspecified atom stereocenters. The number of aliphatic carboxylic acids is 1. The summed E-state index contributed by atoms with van der Waals surface area (Å²) in [6.07, 6.45) is 2.28. The molecule has 0 aliphatic carbocycles. The van der Waals surface area contributed by atoms with E-state index in [1.807, 2.05) is 30.5 Å². The molecule has 8 heteroatoms. The van der Waals surface area contributed by atoms with Gasteiger partial charge in [-0.2, -0.15) is 11.8 Å². The molecule has 2 N–H and O–H groups in total. The van der Waals surface area contributed by atoms with Gasteiger partial charge in [0.25, 0.3) is 5.91 Å². The van der Waals surface area contributed by atoms with Crippen LogP contribution >= 0.6 is 23.1 Å². The Morgan fingerprint density at radius 1 is 1.36 bits per heavy atom. The lowest BCUT2D eigenvalue weighted by Gasteiger charge is -2.13. The van der Waals surface area contributed by atoms with Crippen LogP contribution in [-0.4, -0.2) is 47.1 Å². The number of amides is 1. The molecular weight excluding hydrogens is 360 g/mol. The van der Waals surface area contributed by atoms with E-state index in [0.29, 0.717) is 27.8 Å². The van der Waals surface area contributed by atoms with Crippen molar-refractivity contribution in [3.05, 3.63) is 34.8 Å². The van der Waals surface area contributed by atoms with Gasteiger partial charge in [-0.05, 0) is 49.6 Å². The van der Waals surface area contributed by atoms with Gasteiger partial charge in [0.1, 0.15) is 21.7 Å². The highest BCUT2D eigenvalue weighted by molar-refractivity contribution is 7.98. The summed E-state index contributed by atoms with van der Waals surface area (Å²) in [5, 5.41) is 12.5. The molecule has 25 heavy (non-hydrogen) atoms. The summed E-state index contributed by atoms with van der Waals surface area (Å²) in [6.45, 7) is 1.75. The summed E-state index contributed by atoms with van der Waals surface area (Å²) in [6, 6.07) is 6.50. The minimum absolute atomic E-state index is 0.380. The number of carbonyl (C=O) groups is 2. The van der Waals surface area contributed by atoms with Crippen molar-refractivity contribution < 1.29 is 19.4 Å². The number of aryl methyl sites for hydroxylation is 1. The molecule has 0 saturated carbocycles. The van der Waals surface area contributed by atoms with Crippen LogP contribution in [-0.2, 0) is 4.79 Å². The molecule has 2 aromatic rings. The first kappa shape index (κ1) is 19.3. The number of methoxy groups -OCH3 is 1. The summed E-state index contributed by atoms with van der Waals surface area (Å²) in [7, 11) is 1.60. The average molecular weight is 380 g/mol. The van der Waals surface area contributed by atoms with Gasteiger partial charge in [-0.15, -0.1) is 11.3 Å². The van der Waals surface area contributed by atoms with Gasteiger partial charge < -0.3 is 15.2 Å². The number of aromatic nitrogens is 1. The Morgan fingerprint density at radius 2 is 2.04 bits per heavy atom. The molecule has 1 aromatic heterocycles. The number of carboxylic acids is 1. The van der Waals surface area contributed by atoms with Gasteiger partial charge in [-0.25, -0.2) is 9.78 Å². The highest BCUT2D eigenvalue weighted by Crippen LogP contribution is 2.29. The summed E-state index contributed by atoms with van der Waals surface area (Å²) in [4.78, 5) is 28.6. The maximum absolute atomic E-state index is 12.5. The third-order valence-electron chi connectivity index (χ3n) is 3.55. The van der Waals surface area contributed by atoms with Crippen molar-refractivity contribution in [2.24, 2.45) is 0 Å². The quantitative estimate of drug-likeness (QED) is 0.732. The van der Waals surface area contributed by atoms with Gasteiger partial charge in [-0.3, -0.25) is 4.79 Å². The number of rotatable bonds is 8. The van der Waals surface area contributed by atoms with Crippen LogP contribution in [0, 0.1) is 6.92 Å². The molecule has 2 rings (SSSR count). The van der Waals surface area contributed by atoms with E-state index in [2.05, 4.69) is 10.3 Å². The summed E-state index contributed by atoms with van der Waals surface area (Å²) < 4.78 is 5.13. The second-order valence-corrected chi connectivity index (χ2v) is 7.29. The molecule has 1 aromatic carbocycles.